The molecule has 0 radical (unpaired) electrons. The van der Waals surface area contributed by atoms with Crippen LogP contribution < -0.4 is 16.4 Å². The standard InChI is InChI=1S/C19H22N4O/c20-19(23-17-10-9-14-7-4-8-16(14)13-17)22-12-11-21-18(24)15-5-2-1-3-6-15/h1-3,5-6,9-10,13H,4,7-8,11-12H2,(H,21,24)(H3,20,22,23). The predicted octanol–water partition coefficient (Wildman–Crippen LogP) is 2.33. The van der Waals surface area contributed by atoms with Gasteiger partial charge >= 0.3 is 0 Å². The molecule has 2 aromatic carbocycles. The highest BCUT2D eigenvalue weighted by Crippen LogP contribution is 2.24. The molecule has 0 bridgehead atoms. The van der Waals surface area contributed by atoms with Crippen LogP contribution in [0.4, 0.5) is 5.69 Å². The van der Waals surface area contributed by atoms with Gasteiger partial charge in [-0.2, -0.15) is 0 Å². The number of carbonyl (C=O) groups is 1. The van der Waals surface area contributed by atoms with E-state index in [0.717, 1.165) is 12.1 Å². The number of amides is 1. The molecule has 0 fully saturated rings. The van der Waals surface area contributed by atoms with Crippen LogP contribution in [0.3, 0.4) is 0 Å². The lowest BCUT2D eigenvalue weighted by Gasteiger charge is -2.08. The molecule has 1 amide bonds. The largest absolute Gasteiger partial charge is 0.370 e. The molecule has 5 heteroatoms. The van der Waals surface area contributed by atoms with E-state index in [9.17, 15) is 4.79 Å². The average molecular weight is 322 g/mol. The lowest BCUT2D eigenvalue weighted by molar-refractivity contribution is 0.0955. The minimum absolute atomic E-state index is 0.101. The van der Waals surface area contributed by atoms with E-state index in [1.807, 2.05) is 24.3 Å². The van der Waals surface area contributed by atoms with Gasteiger partial charge in [0.05, 0.1) is 6.54 Å². The number of rotatable bonds is 5. The second-order valence-corrected chi connectivity index (χ2v) is 5.85. The van der Waals surface area contributed by atoms with Gasteiger partial charge in [0, 0.05) is 17.8 Å². The van der Waals surface area contributed by atoms with Gasteiger partial charge in [-0.05, 0) is 54.7 Å². The number of aryl methyl sites for hydroxylation is 2. The SMILES string of the molecule is NC(=NCCNC(=O)c1ccccc1)Nc1ccc2c(c1)CCC2. The van der Waals surface area contributed by atoms with Crippen LogP contribution >= 0.6 is 0 Å². The number of hydrogen-bond donors (Lipinski definition) is 3. The summed E-state index contributed by atoms with van der Waals surface area (Å²) in [6, 6.07) is 15.4. The number of hydrogen-bond acceptors (Lipinski definition) is 2. The third-order valence-corrected chi connectivity index (χ3v) is 4.09. The monoisotopic (exact) mass is 322 g/mol. The number of anilines is 1. The fraction of sp³-hybridized carbons (Fsp3) is 0.263. The molecule has 0 aliphatic heterocycles. The normalized spacial score (nSPS) is 13.4. The number of guanidine groups is 1. The number of aliphatic imine (C=N–C) groups is 1. The van der Waals surface area contributed by atoms with Gasteiger partial charge in [-0.1, -0.05) is 24.3 Å². The second kappa shape index (κ2) is 7.64. The van der Waals surface area contributed by atoms with Crippen LogP contribution in [-0.4, -0.2) is 25.0 Å². The first-order valence-electron chi connectivity index (χ1n) is 8.24. The van der Waals surface area contributed by atoms with Crippen molar-refractivity contribution >= 4 is 17.6 Å². The minimum atomic E-state index is -0.101. The van der Waals surface area contributed by atoms with Crippen molar-refractivity contribution < 1.29 is 4.79 Å². The number of fused-ring (bicyclic) bond motifs is 1. The van der Waals surface area contributed by atoms with Gasteiger partial charge in [-0.15, -0.1) is 0 Å². The first kappa shape index (κ1) is 16.1. The van der Waals surface area contributed by atoms with Gasteiger partial charge in [0.25, 0.3) is 5.91 Å². The molecule has 0 aromatic heterocycles. The molecule has 0 spiro atoms. The van der Waals surface area contributed by atoms with Crippen molar-refractivity contribution in [2.24, 2.45) is 10.7 Å². The van der Waals surface area contributed by atoms with Crippen LogP contribution in [0.25, 0.3) is 0 Å². The van der Waals surface area contributed by atoms with E-state index in [1.54, 1.807) is 12.1 Å². The van der Waals surface area contributed by atoms with E-state index in [4.69, 9.17) is 5.73 Å². The summed E-state index contributed by atoms with van der Waals surface area (Å²) in [4.78, 5) is 16.1. The molecule has 3 rings (SSSR count). The highest BCUT2D eigenvalue weighted by atomic mass is 16.1. The molecule has 2 aromatic rings. The molecule has 4 N–H and O–H groups in total. The summed E-state index contributed by atoms with van der Waals surface area (Å²) in [6.07, 6.45) is 3.52. The topological polar surface area (TPSA) is 79.5 Å². The number of carbonyl (C=O) groups excluding carboxylic acids is 1. The first-order valence-corrected chi connectivity index (χ1v) is 8.24. The molecule has 24 heavy (non-hydrogen) atoms. The molecule has 0 saturated heterocycles. The fourth-order valence-corrected chi connectivity index (χ4v) is 2.87. The van der Waals surface area contributed by atoms with Gasteiger partial charge in [-0.25, -0.2) is 0 Å². The quantitative estimate of drug-likeness (QED) is 0.449. The van der Waals surface area contributed by atoms with Crippen LogP contribution in [0.15, 0.2) is 53.5 Å². The molecule has 5 nitrogen and oxygen atoms in total. The Morgan fingerprint density at radius 3 is 2.71 bits per heavy atom. The van der Waals surface area contributed by atoms with Crippen LogP contribution in [-0.2, 0) is 12.8 Å². The first-order chi connectivity index (χ1) is 11.7. The van der Waals surface area contributed by atoms with E-state index in [2.05, 4.69) is 27.8 Å². The summed E-state index contributed by atoms with van der Waals surface area (Å²) >= 11 is 0. The summed E-state index contributed by atoms with van der Waals surface area (Å²) in [5, 5.41) is 5.93. The summed E-state index contributed by atoms with van der Waals surface area (Å²) in [6.45, 7) is 0.878. The molecular formula is C19H22N4O. The van der Waals surface area contributed by atoms with Crippen molar-refractivity contribution in [2.45, 2.75) is 19.3 Å². The zero-order chi connectivity index (χ0) is 16.8. The number of nitrogens with two attached hydrogens (primary N) is 1. The molecule has 0 unspecified atom stereocenters. The highest BCUT2D eigenvalue weighted by Gasteiger charge is 2.10. The number of nitrogens with zero attached hydrogens (tertiary/aromatic N) is 1. The molecule has 0 saturated carbocycles. The zero-order valence-corrected chi connectivity index (χ0v) is 13.6. The Labute approximate surface area is 142 Å². The Hall–Kier alpha value is -2.82. The van der Waals surface area contributed by atoms with E-state index in [0.29, 0.717) is 24.6 Å². The number of nitrogens with one attached hydrogen (secondary N) is 2. The third-order valence-electron chi connectivity index (χ3n) is 4.09. The van der Waals surface area contributed by atoms with Crippen LogP contribution in [0.1, 0.15) is 27.9 Å². The summed E-state index contributed by atoms with van der Waals surface area (Å²) in [5.74, 6) is 0.262. The van der Waals surface area contributed by atoms with Crippen molar-refractivity contribution in [3.05, 3.63) is 65.2 Å². The summed E-state index contributed by atoms with van der Waals surface area (Å²) < 4.78 is 0. The van der Waals surface area contributed by atoms with Crippen molar-refractivity contribution in [3.63, 3.8) is 0 Å². The smallest absolute Gasteiger partial charge is 0.251 e. The molecule has 1 aliphatic carbocycles. The van der Waals surface area contributed by atoms with Gasteiger partial charge in [0.2, 0.25) is 0 Å². The molecular weight excluding hydrogens is 300 g/mol. The molecule has 1 aliphatic rings. The Kier molecular flexibility index (Phi) is 5.11. The van der Waals surface area contributed by atoms with Crippen molar-refractivity contribution in [2.75, 3.05) is 18.4 Å². The Balaban J connectivity index is 1.46. The van der Waals surface area contributed by atoms with Crippen molar-refractivity contribution in [3.8, 4) is 0 Å². The maximum absolute atomic E-state index is 11.9. The minimum Gasteiger partial charge on any atom is -0.370 e. The van der Waals surface area contributed by atoms with Crippen molar-refractivity contribution in [1.82, 2.24) is 5.32 Å². The maximum atomic E-state index is 11.9. The lowest BCUT2D eigenvalue weighted by Crippen LogP contribution is -2.28. The molecule has 124 valence electrons. The predicted molar refractivity (Wildman–Crippen MR) is 97.4 cm³/mol. The Morgan fingerprint density at radius 2 is 1.88 bits per heavy atom. The third kappa shape index (κ3) is 4.13. The Morgan fingerprint density at radius 1 is 1.08 bits per heavy atom. The van der Waals surface area contributed by atoms with Crippen LogP contribution in [0.5, 0.6) is 0 Å². The van der Waals surface area contributed by atoms with E-state index in [-0.39, 0.29) is 5.91 Å². The molecule has 0 atom stereocenters. The lowest BCUT2D eigenvalue weighted by atomic mass is 10.1. The summed E-state index contributed by atoms with van der Waals surface area (Å²) in [7, 11) is 0. The van der Waals surface area contributed by atoms with E-state index in [1.165, 1.54) is 24.0 Å². The van der Waals surface area contributed by atoms with Crippen LogP contribution in [0, 0.1) is 0 Å². The van der Waals surface area contributed by atoms with Gasteiger partial charge in [0.1, 0.15) is 0 Å². The molecule has 0 heterocycles. The van der Waals surface area contributed by atoms with Gasteiger partial charge in [0.15, 0.2) is 5.96 Å². The summed E-state index contributed by atoms with van der Waals surface area (Å²) in [5.41, 5.74) is 10.3. The number of benzene rings is 2. The van der Waals surface area contributed by atoms with E-state index >= 15 is 0 Å². The fourth-order valence-electron chi connectivity index (χ4n) is 2.87. The maximum Gasteiger partial charge on any atom is 0.251 e. The average Bonchev–Trinajstić information content (AvgIpc) is 3.07. The van der Waals surface area contributed by atoms with Gasteiger partial charge < -0.3 is 16.4 Å². The van der Waals surface area contributed by atoms with E-state index < -0.39 is 0 Å². The van der Waals surface area contributed by atoms with Crippen LogP contribution in [0.2, 0.25) is 0 Å². The Bertz CT molecular complexity index is 740. The van der Waals surface area contributed by atoms with Crippen molar-refractivity contribution in [1.29, 1.82) is 0 Å². The second-order valence-electron chi connectivity index (χ2n) is 5.85. The highest BCUT2D eigenvalue weighted by molar-refractivity contribution is 5.94. The zero-order valence-electron chi connectivity index (χ0n) is 13.6. The van der Waals surface area contributed by atoms with Gasteiger partial charge in [-0.3, -0.25) is 9.79 Å².